The predicted octanol–water partition coefficient (Wildman–Crippen LogP) is 3.40. The Morgan fingerprint density at radius 2 is 1.90 bits per heavy atom. The Hall–Kier alpha value is -2.59. The summed E-state index contributed by atoms with van der Waals surface area (Å²) in [5, 5.41) is 9.49. The topological polar surface area (TPSA) is 92.0 Å². The van der Waals surface area contributed by atoms with Gasteiger partial charge in [0.25, 0.3) is 0 Å². The van der Waals surface area contributed by atoms with Gasteiger partial charge in [0, 0.05) is 18.1 Å². The van der Waals surface area contributed by atoms with Gasteiger partial charge in [-0.1, -0.05) is 23.5 Å². The molecule has 10 heteroatoms. The number of thioether (sulfide) groups is 2. The normalized spacial score (nSPS) is 11.8. The molecule has 0 aliphatic rings. The number of benzene rings is 1. The van der Waals surface area contributed by atoms with E-state index in [1.54, 1.807) is 25.4 Å². The molecule has 3 rings (SSSR count). The Morgan fingerprint density at radius 3 is 2.55 bits per heavy atom. The molecule has 0 fully saturated rings. The highest BCUT2D eigenvalue weighted by molar-refractivity contribution is 8.00. The number of carbonyl (C=O) groups excluding carboxylic acids is 1. The average molecular weight is 432 g/mol. The van der Waals surface area contributed by atoms with E-state index in [4.69, 9.17) is 9.47 Å². The Labute approximate surface area is 177 Å². The van der Waals surface area contributed by atoms with Crippen LogP contribution in [0.2, 0.25) is 0 Å². The van der Waals surface area contributed by atoms with Crippen molar-refractivity contribution in [3.05, 3.63) is 48.5 Å². The van der Waals surface area contributed by atoms with Crippen LogP contribution in [-0.4, -0.2) is 49.7 Å². The van der Waals surface area contributed by atoms with E-state index in [0.717, 1.165) is 17.3 Å². The molecule has 0 N–H and O–H groups in total. The van der Waals surface area contributed by atoms with Gasteiger partial charge in [-0.2, -0.15) is 0 Å². The third kappa shape index (κ3) is 5.48. The van der Waals surface area contributed by atoms with E-state index in [0.29, 0.717) is 22.7 Å². The number of carbonyl (C=O) groups is 1. The fraction of sp³-hybridized carbons (Fsp3) is 0.316. The summed E-state index contributed by atoms with van der Waals surface area (Å²) in [6, 6.07) is 9.45. The first-order valence-electron chi connectivity index (χ1n) is 8.94. The van der Waals surface area contributed by atoms with Crippen LogP contribution in [0, 0.1) is 0 Å². The number of hydrogen-bond acceptors (Lipinski definition) is 9. The van der Waals surface area contributed by atoms with E-state index in [9.17, 15) is 4.79 Å². The minimum atomic E-state index is -0.413. The molecule has 0 saturated carbocycles. The molecule has 0 aliphatic carbocycles. The molecule has 1 atom stereocenters. The number of aromatic nitrogens is 5. The smallest absolute Gasteiger partial charge is 0.318 e. The molecule has 0 spiro atoms. The lowest BCUT2D eigenvalue weighted by atomic mass is 10.3. The molecule has 0 bridgehead atoms. The molecule has 2 aromatic heterocycles. The Balaban J connectivity index is 1.89. The third-order valence-electron chi connectivity index (χ3n) is 3.79. The molecule has 1 aromatic carbocycles. The van der Waals surface area contributed by atoms with Gasteiger partial charge < -0.3 is 9.47 Å². The van der Waals surface area contributed by atoms with Crippen molar-refractivity contribution in [2.45, 2.75) is 35.2 Å². The maximum absolute atomic E-state index is 11.9. The second-order valence-electron chi connectivity index (χ2n) is 5.76. The summed E-state index contributed by atoms with van der Waals surface area (Å²) in [6.45, 7) is 4.32. The van der Waals surface area contributed by atoms with Gasteiger partial charge >= 0.3 is 5.97 Å². The van der Waals surface area contributed by atoms with Crippen molar-refractivity contribution < 1.29 is 14.3 Å². The molecule has 0 radical (unpaired) electrons. The van der Waals surface area contributed by atoms with Gasteiger partial charge in [0.15, 0.2) is 10.3 Å². The van der Waals surface area contributed by atoms with Crippen LogP contribution in [0.4, 0.5) is 0 Å². The third-order valence-corrected chi connectivity index (χ3v) is 5.69. The molecule has 3 aromatic rings. The van der Waals surface area contributed by atoms with E-state index in [1.165, 1.54) is 30.6 Å². The molecule has 2 heterocycles. The van der Waals surface area contributed by atoms with Crippen LogP contribution in [0.25, 0.3) is 5.69 Å². The zero-order valence-corrected chi connectivity index (χ0v) is 17.9. The number of ether oxygens (including phenoxy) is 2. The maximum atomic E-state index is 11.9. The predicted molar refractivity (Wildman–Crippen MR) is 111 cm³/mol. The summed E-state index contributed by atoms with van der Waals surface area (Å²) in [5.41, 5.74) is 0.877. The fourth-order valence-corrected chi connectivity index (χ4v) is 4.08. The van der Waals surface area contributed by atoms with Gasteiger partial charge in [0.2, 0.25) is 0 Å². The van der Waals surface area contributed by atoms with Crippen molar-refractivity contribution in [3.8, 4) is 11.4 Å². The standard InChI is InChI=1S/C19H21N5O3S2/c1-4-27-15-8-6-14(7-9-15)24-16(12-28-18-20-10-5-11-21-18)22-23-19(24)29-13(2)17(25)26-3/h5-11,13H,4,12H2,1-3H3/t13-/m0/s1. The Morgan fingerprint density at radius 1 is 1.17 bits per heavy atom. The number of hydrogen-bond donors (Lipinski definition) is 0. The highest BCUT2D eigenvalue weighted by Gasteiger charge is 2.21. The van der Waals surface area contributed by atoms with E-state index < -0.39 is 5.25 Å². The molecule has 29 heavy (non-hydrogen) atoms. The van der Waals surface area contributed by atoms with E-state index in [1.807, 2.05) is 35.8 Å². The maximum Gasteiger partial charge on any atom is 0.318 e. The molecular weight excluding hydrogens is 410 g/mol. The fourth-order valence-electron chi connectivity index (χ4n) is 2.45. The van der Waals surface area contributed by atoms with Crippen LogP contribution < -0.4 is 4.74 Å². The zero-order chi connectivity index (χ0) is 20.6. The molecule has 0 unspecified atom stereocenters. The quantitative estimate of drug-likeness (QED) is 0.287. The van der Waals surface area contributed by atoms with Gasteiger partial charge in [-0.25, -0.2) is 9.97 Å². The molecule has 0 amide bonds. The number of esters is 1. The number of nitrogens with zero attached hydrogens (tertiary/aromatic N) is 5. The zero-order valence-electron chi connectivity index (χ0n) is 16.3. The highest BCUT2D eigenvalue weighted by atomic mass is 32.2. The minimum absolute atomic E-state index is 0.315. The van der Waals surface area contributed by atoms with Gasteiger partial charge in [0.1, 0.15) is 16.8 Å². The largest absolute Gasteiger partial charge is 0.494 e. The van der Waals surface area contributed by atoms with E-state index in [-0.39, 0.29) is 5.97 Å². The molecule has 0 saturated heterocycles. The lowest BCUT2D eigenvalue weighted by molar-refractivity contribution is -0.139. The van der Waals surface area contributed by atoms with Crippen LogP contribution in [0.15, 0.2) is 53.0 Å². The van der Waals surface area contributed by atoms with Crippen molar-refractivity contribution in [3.63, 3.8) is 0 Å². The van der Waals surface area contributed by atoms with Crippen molar-refractivity contribution >= 4 is 29.5 Å². The van der Waals surface area contributed by atoms with E-state index in [2.05, 4.69) is 20.2 Å². The van der Waals surface area contributed by atoms with Crippen LogP contribution in [0.3, 0.4) is 0 Å². The SMILES string of the molecule is CCOc1ccc(-n2c(CSc3ncccn3)nnc2S[C@@H](C)C(=O)OC)cc1. The average Bonchev–Trinajstić information content (AvgIpc) is 3.15. The van der Waals surface area contributed by atoms with Crippen molar-refractivity contribution in [2.24, 2.45) is 0 Å². The Bertz CT molecular complexity index is 935. The second kappa shape index (κ2) is 10.3. The minimum Gasteiger partial charge on any atom is -0.494 e. The van der Waals surface area contributed by atoms with Crippen LogP contribution in [0.5, 0.6) is 5.75 Å². The summed E-state index contributed by atoms with van der Waals surface area (Å²) in [7, 11) is 1.37. The van der Waals surface area contributed by atoms with Crippen molar-refractivity contribution in [1.82, 2.24) is 24.7 Å². The molecular formula is C19H21N5O3S2. The molecule has 8 nitrogen and oxygen atoms in total. The summed E-state index contributed by atoms with van der Waals surface area (Å²) in [4.78, 5) is 20.3. The highest BCUT2D eigenvalue weighted by Crippen LogP contribution is 2.29. The first-order valence-corrected chi connectivity index (χ1v) is 10.8. The summed E-state index contributed by atoms with van der Waals surface area (Å²) in [5.74, 6) is 1.73. The number of rotatable bonds is 9. The summed E-state index contributed by atoms with van der Waals surface area (Å²) < 4.78 is 12.3. The van der Waals surface area contributed by atoms with Gasteiger partial charge in [-0.3, -0.25) is 9.36 Å². The summed E-state index contributed by atoms with van der Waals surface area (Å²) >= 11 is 2.76. The van der Waals surface area contributed by atoms with Gasteiger partial charge in [-0.05, 0) is 44.2 Å². The lowest BCUT2D eigenvalue weighted by Gasteiger charge is -2.13. The van der Waals surface area contributed by atoms with Gasteiger partial charge in [-0.15, -0.1) is 10.2 Å². The monoisotopic (exact) mass is 431 g/mol. The van der Waals surface area contributed by atoms with Crippen LogP contribution in [0.1, 0.15) is 19.7 Å². The Kier molecular flexibility index (Phi) is 7.48. The second-order valence-corrected chi connectivity index (χ2v) is 8.01. The summed E-state index contributed by atoms with van der Waals surface area (Å²) in [6.07, 6.45) is 3.40. The van der Waals surface area contributed by atoms with Crippen LogP contribution in [-0.2, 0) is 15.3 Å². The first-order chi connectivity index (χ1) is 14.1. The lowest BCUT2D eigenvalue weighted by Crippen LogP contribution is -2.15. The van der Waals surface area contributed by atoms with Crippen molar-refractivity contribution in [2.75, 3.05) is 13.7 Å². The van der Waals surface area contributed by atoms with Gasteiger partial charge in [0.05, 0.1) is 19.5 Å². The number of methoxy groups -OCH3 is 1. The molecule has 0 aliphatic heterocycles. The first kappa shape index (κ1) is 21.1. The van der Waals surface area contributed by atoms with E-state index >= 15 is 0 Å². The molecule has 152 valence electrons. The van der Waals surface area contributed by atoms with Crippen molar-refractivity contribution in [1.29, 1.82) is 0 Å². The van der Waals surface area contributed by atoms with Crippen LogP contribution >= 0.6 is 23.5 Å².